The van der Waals surface area contributed by atoms with Gasteiger partial charge in [-0.25, -0.2) is 9.59 Å². The minimum atomic E-state index is 0.457. The molecule has 1 rings (SSSR count). The van der Waals surface area contributed by atoms with Gasteiger partial charge in [0.1, 0.15) is 0 Å². The highest BCUT2D eigenvalue weighted by Crippen LogP contribution is 2.26. The van der Waals surface area contributed by atoms with Crippen LogP contribution in [0.2, 0.25) is 0 Å². The van der Waals surface area contributed by atoms with Crippen molar-refractivity contribution in [2.75, 3.05) is 0 Å². The van der Waals surface area contributed by atoms with E-state index in [1.54, 1.807) is 12.1 Å². The van der Waals surface area contributed by atoms with E-state index >= 15 is 0 Å². The maximum absolute atomic E-state index is 10.4. The van der Waals surface area contributed by atoms with E-state index in [9.17, 15) is 9.59 Å². The van der Waals surface area contributed by atoms with Crippen LogP contribution in [0, 0.1) is 0 Å². The second-order valence-electron chi connectivity index (χ2n) is 4.38. The Hall–Kier alpha value is -2.02. The van der Waals surface area contributed by atoms with E-state index in [2.05, 4.69) is 16.9 Å². The van der Waals surface area contributed by atoms with Crippen molar-refractivity contribution in [3.63, 3.8) is 0 Å². The highest BCUT2D eigenvalue weighted by molar-refractivity contribution is 5.62. The number of hydrogen-bond acceptors (Lipinski definition) is 4. The van der Waals surface area contributed by atoms with Crippen LogP contribution in [-0.2, 0) is 16.0 Å². The average Bonchev–Trinajstić information content (AvgIpc) is 2.41. The molecule has 0 unspecified atom stereocenters. The predicted molar refractivity (Wildman–Crippen MR) is 74.5 cm³/mol. The van der Waals surface area contributed by atoms with Gasteiger partial charge in [0.15, 0.2) is 0 Å². The first kappa shape index (κ1) is 15.0. The summed E-state index contributed by atoms with van der Waals surface area (Å²) in [6.07, 6.45) is 9.83. The van der Waals surface area contributed by atoms with E-state index in [0.29, 0.717) is 11.4 Å². The molecule has 0 atom stereocenters. The number of unbranched alkanes of at least 4 members (excludes halogenated alkanes) is 4. The lowest BCUT2D eigenvalue weighted by atomic mass is 10.0. The molecule has 1 aromatic carbocycles. The Balaban J connectivity index is 2.70. The molecule has 0 amide bonds. The molecule has 0 spiro atoms. The van der Waals surface area contributed by atoms with Gasteiger partial charge < -0.3 is 0 Å². The van der Waals surface area contributed by atoms with Gasteiger partial charge in [-0.15, -0.1) is 0 Å². The zero-order valence-corrected chi connectivity index (χ0v) is 11.2. The molecular weight excluding hydrogens is 240 g/mol. The molecule has 4 nitrogen and oxygen atoms in total. The van der Waals surface area contributed by atoms with Gasteiger partial charge in [0.25, 0.3) is 0 Å². The lowest BCUT2D eigenvalue weighted by Crippen LogP contribution is -1.87. The van der Waals surface area contributed by atoms with Crippen LogP contribution in [0.3, 0.4) is 0 Å². The number of hydrogen-bond donors (Lipinski definition) is 0. The zero-order valence-electron chi connectivity index (χ0n) is 11.2. The quantitative estimate of drug-likeness (QED) is 0.400. The van der Waals surface area contributed by atoms with Gasteiger partial charge in [-0.2, -0.15) is 9.98 Å². The third-order valence-electron chi connectivity index (χ3n) is 2.96. The molecule has 0 aliphatic rings. The maximum Gasteiger partial charge on any atom is 0.240 e. The Morgan fingerprint density at radius 1 is 1.00 bits per heavy atom. The van der Waals surface area contributed by atoms with Crippen molar-refractivity contribution in [1.29, 1.82) is 0 Å². The Labute approximate surface area is 113 Å². The Morgan fingerprint density at radius 2 is 1.74 bits per heavy atom. The fourth-order valence-corrected chi connectivity index (χ4v) is 1.96. The first-order valence-corrected chi connectivity index (χ1v) is 6.60. The summed E-state index contributed by atoms with van der Waals surface area (Å²) in [5.41, 5.74) is 1.99. The van der Waals surface area contributed by atoms with Crippen molar-refractivity contribution in [2.45, 2.75) is 45.4 Å². The fourth-order valence-electron chi connectivity index (χ4n) is 1.96. The van der Waals surface area contributed by atoms with Crippen LogP contribution < -0.4 is 0 Å². The summed E-state index contributed by atoms with van der Waals surface area (Å²) in [5.74, 6) is 0. The lowest BCUT2D eigenvalue weighted by molar-refractivity contribution is 0.564. The molecule has 0 heterocycles. The molecular formula is C15H18N2O2. The van der Waals surface area contributed by atoms with E-state index < -0.39 is 0 Å². The minimum Gasteiger partial charge on any atom is -0.211 e. The standard InChI is InChI=1S/C15H18N2O2/c1-2-3-4-5-6-7-13-8-9-14(16-11-18)10-15(13)17-12-19/h8-10H,2-7H2,1H3. The van der Waals surface area contributed by atoms with Gasteiger partial charge in [-0.1, -0.05) is 38.7 Å². The largest absolute Gasteiger partial charge is 0.240 e. The average molecular weight is 258 g/mol. The molecule has 0 aromatic heterocycles. The predicted octanol–water partition coefficient (Wildman–Crippen LogP) is 4.13. The summed E-state index contributed by atoms with van der Waals surface area (Å²) in [6.45, 7) is 2.18. The Morgan fingerprint density at radius 3 is 2.42 bits per heavy atom. The van der Waals surface area contributed by atoms with Crippen LogP contribution in [-0.4, -0.2) is 12.2 Å². The number of isocyanates is 2. The molecule has 0 aliphatic heterocycles. The van der Waals surface area contributed by atoms with E-state index in [-0.39, 0.29) is 0 Å². The fraction of sp³-hybridized carbons (Fsp3) is 0.467. The van der Waals surface area contributed by atoms with E-state index in [0.717, 1.165) is 18.4 Å². The second-order valence-corrected chi connectivity index (χ2v) is 4.38. The highest BCUT2D eigenvalue weighted by Gasteiger charge is 2.03. The number of nitrogens with zero attached hydrogens (tertiary/aromatic N) is 2. The first-order chi connectivity index (χ1) is 9.31. The normalized spacial score (nSPS) is 9.53. The van der Waals surface area contributed by atoms with E-state index in [1.165, 1.54) is 37.8 Å². The lowest BCUT2D eigenvalue weighted by Gasteiger charge is -2.05. The van der Waals surface area contributed by atoms with Crippen LogP contribution in [0.1, 0.15) is 44.6 Å². The summed E-state index contributed by atoms with van der Waals surface area (Å²) in [7, 11) is 0. The van der Waals surface area contributed by atoms with E-state index in [1.807, 2.05) is 6.07 Å². The zero-order chi connectivity index (χ0) is 13.9. The second kappa shape index (κ2) is 8.98. The van der Waals surface area contributed by atoms with Crippen LogP contribution in [0.15, 0.2) is 28.2 Å². The molecule has 0 N–H and O–H groups in total. The van der Waals surface area contributed by atoms with Crippen molar-refractivity contribution < 1.29 is 9.59 Å². The van der Waals surface area contributed by atoms with Crippen LogP contribution in [0.4, 0.5) is 11.4 Å². The summed E-state index contributed by atoms with van der Waals surface area (Å²) in [4.78, 5) is 27.8. The van der Waals surface area contributed by atoms with Crippen LogP contribution in [0.25, 0.3) is 0 Å². The summed E-state index contributed by atoms with van der Waals surface area (Å²) >= 11 is 0. The van der Waals surface area contributed by atoms with E-state index in [4.69, 9.17) is 0 Å². The molecule has 0 saturated carbocycles. The molecule has 0 radical (unpaired) electrons. The summed E-state index contributed by atoms with van der Waals surface area (Å²) in [6, 6.07) is 5.19. The van der Waals surface area contributed by atoms with Crippen molar-refractivity contribution in [3.8, 4) is 0 Å². The Kier molecular flexibility index (Phi) is 7.11. The van der Waals surface area contributed by atoms with Crippen LogP contribution >= 0.6 is 0 Å². The maximum atomic E-state index is 10.4. The van der Waals surface area contributed by atoms with Crippen LogP contribution in [0.5, 0.6) is 0 Å². The first-order valence-electron chi connectivity index (χ1n) is 6.60. The number of aliphatic imine (C=N–C) groups is 2. The molecule has 19 heavy (non-hydrogen) atoms. The van der Waals surface area contributed by atoms with Gasteiger partial charge in [0.2, 0.25) is 12.2 Å². The molecule has 1 aromatic rings. The van der Waals surface area contributed by atoms with Gasteiger partial charge in [-0.05, 0) is 30.5 Å². The molecule has 0 bridgehead atoms. The van der Waals surface area contributed by atoms with Crippen molar-refractivity contribution in [2.24, 2.45) is 9.98 Å². The molecule has 100 valence electrons. The Bertz CT molecular complexity index is 499. The number of carbonyl (C=O) groups excluding carboxylic acids is 2. The molecule has 0 saturated heterocycles. The van der Waals surface area contributed by atoms with Crippen molar-refractivity contribution in [3.05, 3.63) is 23.8 Å². The van der Waals surface area contributed by atoms with Gasteiger partial charge in [0, 0.05) is 0 Å². The number of aryl methyl sites for hydroxylation is 1. The van der Waals surface area contributed by atoms with Gasteiger partial charge in [-0.3, -0.25) is 0 Å². The number of rotatable bonds is 8. The summed E-state index contributed by atoms with van der Waals surface area (Å²) in [5, 5.41) is 0. The van der Waals surface area contributed by atoms with Gasteiger partial charge in [0.05, 0.1) is 11.4 Å². The molecule has 0 fully saturated rings. The molecule has 4 heteroatoms. The highest BCUT2D eigenvalue weighted by atomic mass is 16.1. The SMILES string of the molecule is CCCCCCCc1ccc(N=C=O)cc1N=C=O. The molecule has 0 aliphatic carbocycles. The van der Waals surface area contributed by atoms with Crippen molar-refractivity contribution in [1.82, 2.24) is 0 Å². The monoisotopic (exact) mass is 258 g/mol. The third-order valence-corrected chi connectivity index (χ3v) is 2.96. The summed E-state index contributed by atoms with van der Waals surface area (Å²) < 4.78 is 0. The topological polar surface area (TPSA) is 58.9 Å². The number of benzene rings is 1. The smallest absolute Gasteiger partial charge is 0.211 e. The minimum absolute atomic E-state index is 0.457. The third kappa shape index (κ3) is 5.43. The van der Waals surface area contributed by atoms with Gasteiger partial charge >= 0.3 is 0 Å². The van der Waals surface area contributed by atoms with Crippen molar-refractivity contribution >= 4 is 23.5 Å².